The molecule has 1 aromatic heterocycles. The Kier molecular flexibility index (Phi) is 4.48. The fraction of sp³-hybridized carbons (Fsp3) is 0.444. The number of nitrogens with zero attached hydrogens (tertiary/aromatic N) is 2. The van der Waals surface area contributed by atoms with E-state index in [0.29, 0.717) is 12.4 Å². The van der Waals surface area contributed by atoms with E-state index in [-0.39, 0.29) is 0 Å². The Hall–Kier alpha value is -1.17. The first-order valence-corrected chi connectivity index (χ1v) is 5.39. The molecule has 0 aliphatic rings. The van der Waals surface area contributed by atoms with Crippen LogP contribution >= 0.6 is 15.9 Å². The average molecular weight is 274 g/mol. The summed E-state index contributed by atoms with van der Waals surface area (Å²) >= 11 is 3.20. The summed E-state index contributed by atoms with van der Waals surface area (Å²) in [4.78, 5) is 18.7. The molecule has 15 heavy (non-hydrogen) atoms. The molecule has 0 fully saturated rings. The number of anilines is 1. The maximum Gasteiger partial charge on any atom is 0.326 e. The third-order valence-corrected chi connectivity index (χ3v) is 2.21. The first-order valence-electron chi connectivity index (χ1n) is 4.60. The van der Waals surface area contributed by atoms with Gasteiger partial charge in [-0.05, 0) is 22.4 Å². The molecule has 1 unspecified atom stereocenters. The highest BCUT2D eigenvalue weighted by molar-refractivity contribution is 9.10. The van der Waals surface area contributed by atoms with Crippen LogP contribution in [0.4, 0.5) is 5.95 Å². The molecule has 1 rings (SSSR count). The zero-order chi connectivity index (χ0) is 11.3. The van der Waals surface area contributed by atoms with Crippen molar-refractivity contribution in [2.24, 2.45) is 0 Å². The topological polar surface area (TPSA) is 75.1 Å². The smallest absolute Gasteiger partial charge is 0.326 e. The Morgan fingerprint density at radius 1 is 1.60 bits per heavy atom. The summed E-state index contributed by atoms with van der Waals surface area (Å²) in [6, 6.07) is -0.629. The Morgan fingerprint density at radius 2 is 2.20 bits per heavy atom. The number of carbonyl (C=O) groups is 1. The highest BCUT2D eigenvalue weighted by Crippen LogP contribution is 2.09. The molecule has 82 valence electrons. The van der Waals surface area contributed by atoms with Gasteiger partial charge in [0.1, 0.15) is 6.04 Å². The van der Waals surface area contributed by atoms with Gasteiger partial charge in [-0.3, -0.25) is 0 Å². The molecule has 0 bridgehead atoms. The SMILES string of the molecule is CCCC(Nc1ncc(Br)cn1)C(=O)O. The van der Waals surface area contributed by atoms with E-state index in [0.717, 1.165) is 10.9 Å². The standard InChI is InChI=1S/C9H12BrN3O2/c1-2-3-7(8(14)15)13-9-11-4-6(10)5-12-9/h4-5,7H,2-3H2,1H3,(H,14,15)(H,11,12,13). The Labute approximate surface area is 96.1 Å². The van der Waals surface area contributed by atoms with Gasteiger partial charge in [0, 0.05) is 12.4 Å². The Morgan fingerprint density at radius 3 is 2.67 bits per heavy atom. The van der Waals surface area contributed by atoms with Crippen LogP contribution < -0.4 is 5.32 Å². The van der Waals surface area contributed by atoms with E-state index in [1.165, 1.54) is 0 Å². The summed E-state index contributed by atoms with van der Waals surface area (Å²) in [5, 5.41) is 11.7. The number of aromatic nitrogens is 2. The van der Waals surface area contributed by atoms with E-state index < -0.39 is 12.0 Å². The number of aliphatic carboxylic acids is 1. The predicted molar refractivity (Wildman–Crippen MR) is 59.7 cm³/mol. The summed E-state index contributed by atoms with van der Waals surface area (Å²) in [5.74, 6) is -0.553. The molecule has 0 saturated heterocycles. The van der Waals surface area contributed by atoms with Crippen molar-refractivity contribution < 1.29 is 9.90 Å². The minimum absolute atomic E-state index is 0.332. The molecule has 0 amide bonds. The normalized spacial score (nSPS) is 12.1. The van der Waals surface area contributed by atoms with E-state index in [2.05, 4.69) is 31.2 Å². The number of hydrogen-bond donors (Lipinski definition) is 2. The van der Waals surface area contributed by atoms with E-state index in [9.17, 15) is 4.79 Å². The second kappa shape index (κ2) is 5.65. The fourth-order valence-corrected chi connectivity index (χ4v) is 1.29. The van der Waals surface area contributed by atoms with Gasteiger partial charge in [0.2, 0.25) is 5.95 Å². The molecule has 0 spiro atoms. The van der Waals surface area contributed by atoms with Gasteiger partial charge in [-0.15, -0.1) is 0 Å². The van der Waals surface area contributed by atoms with E-state index in [1.54, 1.807) is 12.4 Å². The summed E-state index contributed by atoms with van der Waals surface area (Å²) in [7, 11) is 0. The maximum absolute atomic E-state index is 10.8. The van der Waals surface area contributed by atoms with Crippen LogP contribution in [0.25, 0.3) is 0 Å². The van der Waals surface area contributed by atoms with Crippen LogP contribution in [0.2, 0.25) is 0 Å². The lowest BCUT2D eigenvalue weighted by Gasteiger charge is -2.12. The first kappa shape index (κ1) is 11.9. The monoisotopic (exact) mass is 273 g/mol. The highest BCUT2D eigenvalue weighted by atomic mass is 79.9. The molecule has 0 aliphatic carbocycles. The Bertz CT molecular complexity index is 329. The van der Waals surface area contributed by atoms with E-state index >= 15 is 0 Å². The molecule has 0 saturated carbocycles. The van der Waals surface area contributed by atoms with Crippen molar-refractivity contribution in [1.82, 2.24) is 9.97 Å². The van der Waals surface area contributed by atoms with Crippen LogP contribution in [0.3, 0.4) is 0 Å². The number of nitrogens with one attached hydrogen (secondary N) is 1. The van der Waals surface area contributed by atoms with E-state index in [1.807, 2.05) is 6.92 Å². The number of carboxylic acid groups (broad SMARTS) is 1. The van der Waals surface area contributed by atoms with Crippen molar-refractivity contribution in [1.29, 1.82) is 0 Å². The minimum atomic E-state index is -0.886. The van der Waals surface area contributed by atoms with Crippen LogP contribution in [0.5, 0.6) is 0 Å². The van der Waals surface area contributed by atoms with Gasteiger partial charge in [-0.25, -0.2) is 14.8 Å². The predicted octanol–water partition coefficient (Wildman–Crippen LogP) is 1.90. The quantitative estimate of drug-likeness (QED) is 0.857. The lowest BCUT2D eigenvalue weighted by atomic mass is 10.2. The molecule has 0 aromatic carbocycles. The molecule has 1 heterocycles. The average Bonchev–Trinajstić information content (AvgIpc) is 2.20. The van der Waals surface area contributed by atoms with Crippen molar-refractivity contribution in [2.75, 3.05) is 5.32 Å². The van der Waals surface area contributed by atoms with Crippen molar-refractivity contribution in [3.63, 3.8) is 0 Å². The van der Waals surface area contributed by atoms with Crippen molar-refractivity contribution in [3.8, 4) is 0 Å². The highest BCUT2D eigenvalue weighted by Gasteiger charge is 2.16. The lowest BCUT2D eigenvalue weighted by Crippen LogP contribution is -2.29. The van der Waals surface area contributed by atoms with Crippen LogP contribution in [-0.2, 0) is 4.79 Å². The molecule has 1 aromatic rings. The second-order valence-electron chi connectivity index (χ2n) is 3.05. The van der Waals surface area contributed by atoms with E-state index in [4.69, 9.17) is 5.11 Å². The zero-order valence-electron chi connectivity index (χ0n) is 8.27. The largest absolute Gasteiger partial charge is 0.480 e. The van der Waals surface area contributed by atoms with Gasteiger partial charge >= 0.3 is 5.97 Å². The third kappa shape index (κ3) is 3.83. The molecule has 6 heteroatoms. The second-order valence-corrected chi connectivity index (χ2v) is 3.96. The molecule has 1 atom stereocenters. The minimum Gasteiger partial charge on any atom is -0.480 e. The summed E-state index contributed by atoms with van der Waals surface area (Å²) in [6.45, 7) is 1.93. The van der Waals surface area contributed by atoms with Crippen molar-refractivity contribution in [3.05, 3.63) is 16.9 Å². The summed E-state index contributed by atoms with van der Waals surface area (Å²) in [5.41, 5.74) is 0. The lowest BCUT2D eigenvalue weighted by molar-refractivity contribution is -0.138. The molecule has 2 N–H and O–H groups in total. The third-order valence-electron chi connectivity index (χ3n) is 1.80. The zero-order valence-corrected chi connectivity index (χ0v) is 9.86. The first-order chi connectivity index (χ1) is 7.13. The van der Waals surface area contributed by atoms with Crippen LogP contribution in [0, 0.1) is 0 Å². The maximum atomic E-state index is 10.8. The van der Waals surface area contributed by atoms with Gasteiger partial charge in [0.05, 0.1) is 4.47 Å². The summed E-state index contributed by atoms with van der Waals surface area (Å²) in [6.07, 6.45) is 4.48. The van der Waals surface area contributed by atoms with Gasteiger partial charge < -0.3 is 10.4 Å². The van der Waals surface area contributed by atoms with Crippen molar-refractivity contribution >= 4 is 27.8 Å². The number of rotatable bonds is 5. The van der Waals surface area contributed by atoms with Gasteiger partial charge in [0.25, 0.3) is 0 Å². The molecule has 5 nitrogen and oxygen atoms in total. The summed E-state index contributed by atoms with van der Waals surface area (Å²) < 4.78 is 0.760. The Balaban J connectivity index is 2.65. The van der Waals surface area contributed by atoms with Crippen molar-refractivity contribution in [2.45, 2.75) is 25.8 Å². The number of halogens is 1. The number of hydrogen-bond acceptors (Lipinski definition) is 4. The molecule has 0 aliphatic heterocycles. The molecular weight excluding hydrogens is 262 g/mol. The number of carboxylic acids is 1. The molecule has 0 radical (unpaired) electrons. The van der Waals surface area contributed by atoms with Crippen LogP contribution in [-0.4, -0.2) is 27.1 Å². The van der Waals surface area contributed by atoms with Gasteiger partial charge in [0.15, 0.2) is 0 Å². The fourth-order valence-electron chi connectivity index (χ4n) is 1.09. The molecular formula is C9H12BrN3O2. The van der Waals surface area contributed by atoms with Crippen LogP contribution in [0.15, 0.2) is 16.9 Å². The van der Waals surface area contributed by atoms with Gasteiger partial charge in [-0.1, -0.05) is 13.3 Å². The van der Waals surface area contributed by atoms with Crippen LogP contribution in [0.1, 0.15) is 19.8 Å². The van der Waals surface area contributed by atoms with Gasteiger partial charge in [-0.2, -0.15) is 0 Å².